The highest BCUT2D eigenvalue weighted by molar-refractivity contribution is 5.63. The number of aliphatic hydroxyl groups is 1. The van der Waals surface area contributed by atoms with Gasteiger partial charge in [-0.05, 0) is 46.5 Å². The molecule has 0 amide bonds. The van der Waals surface area contributed by atoms with Crippen molar-refractivity contribution in [3.8, 4) is 11.1 Å². The number of halogens is 2. The van der Waals surface area contributed by atoms with Crippen LogP contribution in [0.2, 0.25) is 0 Å². The third-order valence-corrected chi connectivity index (χ3v) is 3.59. The fourth-order valence-corrected chi connectivity index (χ4v) is 2.34. The van der Waals surface area contributed by atoms with Crippen LogP contribution in [0.4, 0.5) is 8.78 Å². The van der Waals surface area contributed by atoms with Gasteiger partial charge in [0, 0.05) is 0 Å². The summed E-state index contributed by atoms with van der Waals surface area (Å²) in [5.74, 6) is -0.602. The van der Waals surface area contributed by atoms with E-state index < -0.39 is 6.10 Å². The SMILES string of the molecule is OC(c1ccc(F)cc1)c1ccc(-c2ccc(F)cc2)cc1. The van der Waals surface area contributed by atoms with Crippen LogP contribution in [0.3, 0.4) is 0 Å². The van der Waals surface area contributed by atoms with Gasteiger partial charge in [-0.2, -0.15) is 0 Å². The van der Waals surface area contributed by atoms with Crippen molar-refractivity contribution in [3.05, 3.63) is 95.6 Å². The third kappa shape index (κ3) is 3.05. The minimum atomic E-state index is -0.803. The van der Waals surface area contributed by atoms with E-state index in [1.54, 1.807) is 24.3 Å². The van der Waals surface area contributed by atoms with Gasteiger partial charge in [0.1, 0.15) is 17.7 Å². The fourth-order valence-electron chi connectivity index (χ4n) is 2.34. The van der Waals surface area contributed by atoms with Crippen LogP contribution < -0.4 is 0 Å². The standard InChI is InChI=1S/C19H14F2O/c20-17-9-5-14(6-10-17)13-1-3-15(4-2-13)19(22)16-7-11-18(21)12-8-16/h1-12,19,22H. The molecule has 0 aliphatic heterocycles. The topological polar surface area (TPSA) is 20.2 Å². The monoisotopic (exact) mass is 296 g/mol. The van der Waals surface area contributed by atoms with Crippen LogP contribution in [0.1, 0.15) is 17.2 Å². The molecule has 3 aromatic carbocycles. The van der Waals surface area contributed by atoms with Crippen molar-refractivity contribution in [1.29, 1.82) is 0 Å². The summed E-state index contributed by atoms with van der Waals surface area (Å²) < 4.78 is 25.8. The Labute approximate surface area is 127 Å². The predicted octanol–water partition coefficient (Wildman–Crippen LogP) is 4.71. The largest absolute Gasteiger partial charge is 0.384 e. The van der Waals surface area contributed by atoms with E-state index in [2.05, 4.69) is 0 Å². The highest BCUT2D eigenvalue weighted by atomic mass is 19.1. The molecule has 0 aliphatic rings. The zero-order chi connectivity index (χ0) is 15.5. The second-order valence-corrected chi connectivity index (χ2v) is 5.08. The van der Waals surface area contributed by atoms with Gasteiger partial charge in [-0.15, -0.1) is 0 Å². The first kappa shape index (κ1) is 14.4. The van der Waals surface area contributed by atoms with Crippen LogP contribution in [-0.2, 0) is 0 Å². The summed E-state index contributed by atoms with van der Waals surface area (Å²) in [6.07, 6.45) is -0.803. The van der Waals surface area contributed by atoms with E-state index in [0.717, 1.165) is 16.7 Å². The molecular weight excluding hydrogens is 282 g/mol. The summed E-state index contributed by atoms with van der Waals surface area (Å²) in [5, 5.41) is 10.3. The molecule has 1 unspecified atom stereocenters. The Balaban J connectivity index is 1.84. The lowest BCUT2D eigenvalue weighted by Crippen LogP contribution is -1.99. The highest BCUT2D eigenvalue weighted by Crippen LogP contribution is 2.26. The highest BCUT2D eigenvalue weighted by Gasteiger charge is 2.10. The van der Waals surface area contributed by atoms with E-state index in [0.29, 0.717) is 5.56 Å². The van der Waals surface area contributed by atoms with E-state index in [4.69, 9.17) is 0 Å². The lowest BCUT2D eigenvalue weighted by molar-refractivity contribution is 0.220. The molecule has 0 aliphatic carbocycles. The second-order valence-electron chi connectivity index (χ2n) is 5.08. The van der Waals surface area contributed by atoms with Crippen LogP contribution in [-0.4, -0.2) is 5.11 Å². The summed E-state index contributed by atoms with van der Waals surface area (Å²) in [6.45, 7) is 0. The minimum Gasteiger partial charge on any atom is -0.384 e. The first-order chi connectivity index (χ1) is 10.6. The number of hydrogen-bond donors (Lipinski definition) is 1. The molecule has 3 aromatic rings. The Hall–Kier alpha value is -2.52. The average Bonchev–Trinajstić information content (AvgIpc) is 2.56. The summed E-state index contributed by atoms with van der Waals surface area (Å²) >= 11 is 0. The van der Waals surface area contributed by atoms with Crippen molar-refractivity contribution in [3.63, 3.8) is 0 Å². The molecule has 0 fully saturated rings. The van der Waals surface area contributed by atoms with Crippen molar-refractivity contribution < 1.29 is 13.9 Å². The van der Waals surface area contributed by atoms with Crippen molar-refractivity contribution >= 4 is 0 Å². The molecule has 0 radical (unpaired) electrons. The van der Waals surface area contributed by atoms with Crippen molar-refractivity contribution in [2.24, 2.45) is 0 Å². The minimum absolute atomic E-state index is 0.271. The third-order valence-electron chi connectivity index (χ3n) is 3.59. The van der Waals surface area contributed by atoms with E-state index in [1.807, 2.05) is 24.3 Å². The average molecular weight is 296 g/mol. The summed E-state index contributed by atoms with van der Waals surface area (Å²) in [6, 6.07) is 19.4. The molecule has 110 valence electrons. The zero-order valence-corrected chi connectivity index (χ0v) is 11.7. The number of hydrogen-bond acceptors (Lipinski definition) is 1. The predicted molar refractivity (Wildman–Crippen MR) is 82.3 cm³/mol. The van der Waals surface area contributed by atoms with Gasteiger partial charge in [0.15, 0.2) is 0 Å². The normalized spacial score (nSPS) is 12.1. The van der Waals surface area contributed by atoms with Crippen LogP contribution in [0.25, 0.3) is 11.1 Å². The Morgan fingerprint density at radius 1 is 0.545 bits per heavy atom. The zero-order valence-electron chi connectivity index (χ0n) is 11.7. The Bertz CT molecular complexity index is 747. The maximum atomic E-state index is 12.9. The molecule has 0 saturated heterocycles. The fraction of sp³-hybridized carbons (Fsp3) is 0.0526. The second kappa shape index (κ2) is 6.08. The van der Waals surface area contributed by atoms with Gasteiger partial charge in [-0.1, -0.05) is 48.5 Å². The molecule has 3 heteroatoms. The number of aliphatic hydroxyl groups excluding tert-OH is 1. The molecule has 22 heavy (non-hydrogen) atoms. The van der Waals surface area contributed by atoms with Crippen LogP contribution >= 0.6 is 0 Å². The molecule has 0 spiro atoms. The van der Waals surface area contributed by atoms with Gasteiger partial charge in [0.05, 0.1) is 0 Å². The lowest BCUT2D eigenvalue weighted by Gasteiger charge is -2.12. The molecular formula is C19H14F2O. The van der Waals surface area contributed by atoms with E-state index >= 15 is 0 Å². The van der Waals surface area contributed by atoms with Gasteiger partial charge in [0.25, 0.3) is 0 Å². The summed E-state index contributed by atoms with van der Waals surface area (Å²) in [4.78, 5) is 0. The van der Waals surface area contributed by atoms with Gasteiger partial charge in [-0.25, -0.2) is 8.78 Å². The quantitative estimate of drug-likeness (QED) is 0.742. The van der Waals surface area contributed by atoms with Crippen molar-refractivity contribution in [2.45, 2.75) is 6.10 Å². The summed E-state index contributed by atoms with van der Waals surface area (Å²) in [5.41, 5.74) is 3.20. The first-order valence-electron chi connectivity index (χ1n) is 6.93. The van der Waals surface area contributed by atoms with Gasteiger partial charge in [-0.3, -0.25) is 0 Å². The maximum absolute atomic E-state index is 12.9. The van der Waals surface area contributed by atoms with Gasteiger partial charge in [0.2, 0.25) is 0 Å². The van der Waals surface area contributed by atoms with Crippen LogP contribution in [0, 0.1) is 11.6 Å². The van der Waals surface area contributed by atoms with Gasteiger partial charge < -0.3 is 5.11 Å². The summed E-state index contributed by atoms with van der Waals surface area (Å²) in [7, 11) is 0. The van der Waals surface area contributed by atoms with Gasteiger partial charge >= 0.3 is 0 Å². The Morgan fingerprint density at radius 2 is 0.864 bits per heavy atom. The molecule has 1 N–H and O–H groups in total. The van der Waals surface area contributed by atoms with Crippen molar-refractivity contribution in [2.75, 3.05) is 0 Å². The van der Waals surface area contributed by atoms with E-state index in [1.165, 1.54) is 24.3 Å². The number of rotatable bonds is 3. The Kier molecular flexibility index (Phi) is 3.98. The van der Waals surface area contributed by atoms with Crippen molar-refractivity contribution in [1.82, 2.24) is 0 Å². The smallest absolute Gasteiger partial charge is 0.123 e. The molecule has 1 atom stereocenters. The molecule has 0 heterocycles. The lowest BCUT2D eigenvalue weighted by atomic mass is 9.98. The van der Waals surface area contributed by atoms with Crippen LogP contribution in [0.15, 0.2) is 72.8 Å². The molecule has 3 rings (SSSR count). The molecule has 0 saturated carbocycles. The molecule has 1 nitrogen and oxygen atoms in total. The van der Waals surface area contributed by atoms with E-state index in [-0.39, 0.29) is 11.6 Å². The number of benzene rings is 3. The maximum Gasteiger partial charge on any atom is 0.123 e. The molecule has 0 aromatic heterocycles. The van der Waals surface area contributed by atoms with E-state index in [9.17, 15) is 13.9 Å². The first-order valence-corrected chi connectivity index (χ1v) is 6.93. The Morgan fingerprint density at radius 3 is 1.32 bits per heavy atom. The molecule has 0 bridgehead atoms. The van der Waals surface area contributed by atoms with Crippen LogP contribution in [0.5, 0.6) is 0 Å².